The van der Waals surface area contributed by atoms with Crippen LogP contribution in [0, 0.1) is 16.0 Å². The van der Waals surface area contributed by atoms with Crippen LogP contribution < -0.4 is 4.74 Å². The van der Waals surface area contributed by atoms with Gasteiger partial charge >= 0.3 is 0 Å². The maximum absolute atomic E-state index is 10.7. The molecule has 0 aliphatic rings. The van der Waals surface area contributed by atoms with Crippen molar-refractivity contribution in [1.82, 2.24) is 0 Å². The number of nitro groups is 1. The summed E-state index contributed by atoms with van der Waals surface area (Å²) in [5.74, 6) is 1.08. The molecule has 0 amide bonds. The summed E-state index contributed by atoms with van der Waals surface area (Å²) in [6.07, 6.45) is 1.01. The van der Waals surface area contributed by atoms with E-state index in [1.807, 2.05) is 0 Å². The van der Waals surface area contributed by atoms with E-state index in [9.17, 15) is 10.1 Å². The first kappa shape index (κ1) is 15.9. The molecule has 0 aromatic heterocycles. The standard InChI is InChI=1S/C13H18BrNO4/c1-10(2)5-6-18-7-8-19-13-9-11(15(16)17)3-4-12(13)14/h3-4,9-10H,5-8H2,1-2H3. The van der Waals surface area contributed by atoms with Crippen LogP contribution in [0.1, 0.15) is 20.3 Å². The average Bonchev–Trinajstić information content (AvgIpc) is 2.34. The van der Waals surface area contributed by atoms with Gasteiger partial charge < -0.3 is 9.47 Å². The van der Waals surface area contributed by atoms with E-state index >= 15 is 0 Å². The van der Waals surface area contributed by atoms with Gasteiger partial charge in [-0.15, -0.1) is 0 Å². The molecule has 106 valence electrons. The Morgan fingerprint density at radius 3 is 2.68 bits per heavy atom. The molecule has 1 aromatic carbocycles. The van der Waals surface area contributed by atoms with Crippen LogP contribution in [-0.4, -0.2) is 24.7 Å². The number of hydrogen-bond donors (Lipinski definition) is 0. The minimum atomic E-state index is -0.446. The van der Waals surface area contributed by atoms with Gasteiger partial charge in [-0.2, -0.15) is 0 Å². The Kier molecular flexibility index (Phi) is 6.80. The highest BCUT2D eigenvalue weighted by atomic mass is 79.9. The summed E-state index contributed by atoms with van der Waals surface area (Å²) in [5, 5.41) is 10.7. The van der Waals surface area contributed by atoms with Gasteiger partial charge in [-0.25, -0.2) is 0 Å². The van der Waals surface area contributed by atoms with Crippen LogP contribution in [0.15, 0.2) is 22.7 Å². The lowest BCUT2D eigenvalue weighted by molar-refractivity contribution is -0.385. The number of nitro benzene ring substituents is 1. The molecule has 0 atom stereocenters. The zero-order valence-corrected chi connectivity index (χ0v) is 12.7. The zero-order valence-electron chi connectivity index (χ0n) is 11.1. The average molecular weight is 332 g/mol. The Balaban J connectivity index is 2.36. The van der Waals surface area contributed by atoms with Crippen LogP contribution in [-0.2, 0) is 4.74 Å². The Hall–Kier alpha value is -1.14. The maximum Gasteiger partial charge on any atom is 0.273 e. The van der Waals surface area contributed by atoms with Crippen LogP contribution in [0.5, 0.6) is 5.75 Å². The van der Waals surface area contributed by atoms with Crippen LogP contribution in [0.25, 0.3) is 0 Å². The van der Waals surface area contributed by atoms with Gasteiger partial charge in [-0.3, -0.25) is 10.1 Å². The highest BCUT2D eigenvalue weighted by Gasteiger charge is 2.10. The first-order valence-electron chi connectivity index (χ1n) is 6.15. The van der Waals surface area contributed by atoms with Gasteiger partial charge in [0.05, 0.1) is 22.1 Å². The second kappa shape index (κ2) is 8.12. The third-order valence-electron chi connectivity index (χ3n) is 2.45. The summed E-state index contributed by atoms with van der Waals surface area (Å²) in [5.41, 5.74) is 0.0129. The van der Waals surface area contributed by atoms with Crippen LogP contribution in [0.4, 0.5) is 5.69 Å². The van der Waals surface area contributed by atoms with Crippen molar-refractivity contribution in [3.8, 4) is 5.75 Å². The molecule has 5 nitrogen and oxygen atoms in total. The Morgan fingerprint density at radius 1 is 1.32 bits per heavy atom. The van der Waals surface area contributed by atoms with E-state index in [2.05, 4.69) is 29.8 Å². The maximum atomic E-state index is 10.7. The van der Waals surface area contributed by atoms with E-state index in [0.29, 0.717) is 36.0 Å². The van der Waals surface area contributed by atoms with Gasteiger partial charge in [-0.05, 0) is 34.3 Å². The van der Waals surface area contributed by atoms with Crippen LogP contribution in [0.3, 0.4) is 0 Å². The quantitative estimate of drug-likeness (QED) is 0.413. The van der Waals surface area contributed by atoms with Crippen molar-refractivity contribution in [2.24, 2.45) is 5.92 Å². The fourth-order valence-corrected chi connectivity index (χ4v) is 1.71. The van der Waals surface area contributed by atoms with E-state index in [1.165, 1.54) is 12.1 Å². The lowest BCUT2D eigenvalue weighted by atomic mass is 10.1. The predicted octanol–water partition coefficient (Wildman–Crippen LogP) is 3.80. The zero-order chi connectivity index (χ0) is 14.3. The smallest absolute Gasteiger partial charge is 0.273 e. The molecule has 0 saturated carbocycles. The fraction of sp³-hybridized carbons (Fsp3) is 0.538. The summed E-state index contributed by atoms with van der Waals surface area (Å²) in [4.78, 5) is 10.2. The molecule has 0 radical (unpaired) electrons. The second-order valence-corrected chi connectivity index (χ2v) is 5.37. The largest absolute Gasteiger partial charge is 0.490 e. The lowest BCUT2D eigenvalue weighted by Crippen LogP contribution is -2.09. The highest BCUT2D eigenvalue weighted by molar-refractivity contribution is 9.10. The number of benzene rings is 1. The summed E-state index contributed by atoms with van der Waals surface area (Å²) in [7, 11) is 0. The first-order valence-corrected chi connectivity index (χ1v) is 6.94. The third-order valence-corrected chi connectivity index (χ3v) is 3.11. The molecule has 1 rings (SSSR count). The molecule has 0 N–H and O–H groups in total. The SMILES string of the molecule is CC(C)CCOCCOc1cc([N+](=O)[O-])ccc1Br. The van der Waals surface area contributed by atoms with Gasteiger partial charge in [0.15, 0.2) is 0 Å². The normalized spacial score (nSPS) is 10.7. The van der Waals surface area contributed by atoms with E-state index in [0.717, 1.165) is 6.42 Å². The molecule has 0 aliphatic carbocycles. The molecule has 6 heteroatoms. The highest BCUT2D eigenvalue weighted by Crippen LogP contribution is 2.29. The van der Waals surface area contributed by atoms with E-state index in [4.69, 9.17) is 9.47 Å². The van der Waals surface area contributed by atoms with Crippen molar-refractivity contribution >= 4 is 21.6 Å². The van der Waals surface area contributed by atoms with Gasteiger partial charge in [-0.1, -0.05) is 13.8 Å². The van der Waals surface area contributed by atoms with E-state index < -0.39 is 4.92 Å². The van der Waals surface area contributed by atoms with Crippen molar-refractivity contribution in [1.29, 1.82) is 0 Å². The molecular weight excluding hydrogens is 314 g/mol. The second-order valence-electron chi connectivity index (χ2n) is 4.52. The monoisotopic (exact) mass is 331 g/mol. The van der Waals surface area contributed by atoms with Crippen LogP contribution in [0.2, 0.25) is 0 Å². The van der Waals surface area contributed by atoms with Crippen LogP contribution >= 0.6 is 15.9 Å². The summed E-state index contributed by atoms with van der Waals surface area (Å²) in [6.45, 7) is 5.83. The first-order chi connectivity index (χ1) is 9.00. The van der Waals surface area contributed by atoms with Crippen molar-refractivity contribution in [2.75, 3.05) is 19.8 Å². The minimum Gasteiger partial charge on any atom is -0.490 e. The lowest BCUT2D eigenvalue weighted by Gasteiger charge is -2.09. The van der Waals surface area contributed by atoms with E-state index in [-0.39, 0.29) is 5.69 Å². The van der Waals surface area contributed by atoms with E-state index in [1.54, 1.807) is 6.07 Å². The summed E-state index contributed by atoms with van der Waals surface area (Å²) < 4.78 is 11.6. The Labute approximate surface area is 121 Å². The van der Waals surface area contributed by atoms with Gasteiger partial charge in [0.1, 0.15) is 12.4 Å². The molecule has 0 bridgehead atoms. The topological polar surface area (TPSA) is 61.6 Å². The molecule has 0 spiro atoms. The Morgan fingerprint density at radius 2 is 2.05 bits per heavy atom. The van der Waals surface area contributed by atoms with Gasteiger partial charge in [0.2, 0.25) is 0 Å². The van der Waals surface area contributed by atoms with Crippen molar-refractivity contribution in [3.63, 3.8) is 0 Å². The molecule has 0 unspecified atom stereocenters. The number of non-ortho nitro benzene ring substituents is 1. The number of ether oxygens (including phenoxy) is 2. The summed E-state index contributed by atoms with van der Waals surface area (Å²) in [6, 6.07) is 4.43. The third kappa shape index (κ3) is 6.02. The van der Waals surface area contributed by atoms with Crippen molar-refractivity contribution in [3.05, 3.63) is 32.8 Å². The number of hydrogen-bond acceptors (Lipinski definition) is 4. The molecule has 19 heavy (non-hydrogen) atoms. The molecule has 0 fully saturated rings. The van der Waals surface area contributed by atoms with Crippen molar-refractivity contribution in [2.45, 2.75) is 20.3 Å². The molecule has 0 aliphatic heterocycles. The number of nitrogens with zero attached hydrogens (tertiary/aromatic N) is 1. The van der Waals surface area contributed by atoms with Crippen molar-refractivity contribution < 1.29 is 14.4 Å². The summed E-state index contributed by atoms with van der Waals surface area (Å²) >= 11 is 3.29. The number of rotatable bonds is 8. The predicted molar refractivity (Wildman–Crippen MR) is 76.6 cm³/mol. The minimum absolute atomic E-state index is 0.0129. The molecule has 0 heterocycles. The van der Waals surface area contributed by atoms with Gasteiger partial charge in [0, 0.05) is 12.7 Å². The molecular formula is C13H18BrNO4. The molecule has 0 saturated heterocycles. The Bertz CT molecular complexity index is 423. The van der Waals surface area contributed by atoms with Gasteiger partial charge in [0.25, 0.3) is 5.69 Å². The molecule has 1 aromatic rings. The number of halogens is 1. The fourth-order valence-electron chi connectivity index (χ4n) is 1.35.